The molecule has 1 atom stereocenters. The normalized spacial score (nSPS) is 16.3. The highest BCUT2D eigenvalue weighted by Crippen LogP contribution is 2.38. The molecule has 0 spiro atoms. The van der Waals surface area contributed by atoms with Gasteiger partial charge in [-0.05, 0) is 79.1 Å². The molecular weight excluding hydrogens is 649 g/mol. The van der Waals surface area contributed by atoms with Crippen LogP contribution in [-0.2, 0) is 12.8 Å². The van der Waals surface area contributed by atoms with E-state index in [2.05, 4.69) is 142 Å². The molecule has 1 unspecified atom stereocenters. The summed E-state index contributed by atoms with van der Waals surface area (Å²) in [6.07, 6.45) is 10.5. The minimum atomic E-state index is 0.294. The number of hydrogen-bond acceptors (Lipinski definition) is 2. The van der Waals surface area contributed by atoms with Gasteiger partial charge in [0.05, 0.1) is 16.9 Å². The zero-order valence-electron chi connectivity index (χ0n) is 24.5. The van der Waals surface area contributed by atoms with Crippen molar-refractivity contribution >= 4 is 44.6 Å². The topological polar surface area (TPSA) is 30.7 Å². The van der Waals surface area contributed by atoms with Crippen LogP contribution < -0.4 is 0 Å². The molecule has 44 heavy (non-hydrogen) atoms. The average molecular weight is 682 g/mol. The number of hydrogen-bond donors (Lipinski definition) is 0. The summed E-state index contributed by atoms with van der Waals surface area (Å²) >= 11 is 2.55. The predicted molar refractivity (Wildman–Crippen MR) is 191 cm³/mol. The van der Waals surface area contributed by atoms with Crippen LogP contribution in [0.3, 0.4) is 0 Å². The SMILES string of the molecule is IC1CC=C(c2ccc(-n3c4c(c5ccccc53)CCCC4)cc2)C=C1c1nc(-c2ccccc2)cc(-c2ccccc2)n1. The Balaban J connectivity index is 1.18. The second-order valence-electron chi connectivity index (χ2n) is 11.7. The average Bonchev–Trinajstić information content (AvgIpc) is 3.44. The maximum atomic E-state index is 5.13. The Morgan fingerprint density at radius 2 is 1.30 bits per heavy atom. The second-order valence-corrected chi connectivity index (χ2v) is 13.2. The van der Waals surface area contributed by atoms with E-state index in [0.717, 1.165) is 41.2 Å². The highest BCUT2D eigenvalue weighted by atomic mass is 127. The summed E-state index contributed by atoms with van der Waals surface area (Å²) in [4.78, 5) is 10.3. The fourth-order valence-corrected chi connectivity index (χ4v) is 7.48. The number of aryl methyl sites for hydroxylation is 1. The van der Waals surface area contributed by atoms with Crippen molar-refractivity contribution in [2.75, 3.05) is 0 Å². The van der Waals surface area contributed by atoms with Gasteiger partial charge in [-0.3, -0.25) is 0 Å². The van der Waals surface area contributed by atoms with Crippen molar-refractivity contribution in [3.05, 3.63) is 150 Å². The van der Waals surface area contributed by atoms with Gasteiger partial charge in [-0.25, -0.2) is 9.97 Å². The molecule has 0 N–H and O–H groups in total. The van der Waals surface area contributed by atoms with Crippen LogP contribution in [0, 0.1) is 0 Å². The van der Waals surface area contributed by atoms with Crippen molar-refractivity contribution < 1.29 is 0 Å². The molecule has 0 aliphatic heterocycles. The van der Waals surface area contributed by atoms with E-state index in [1.165, 1.54) is 58.3 Å². The molecule has 4 aromatic carbocycles. The van der Waals surface area contributed by atoms with Crippen LogP contribution in [0.1, 0.15) is 41.9 Å². The number of nitrogens with zero attached hydrogens (tertiary/aromatic N) is 3. The van der Waals surface area contributed by atoms with Crippen LogP contribution in [0.15, 0.2) is 127 Å². The van der Waals surface area contributed by atoms with Crippen molar-refractivity contribution in [1.29, 1.82) is 0 Å². The first-order valence-corrected chi connectivity index (χ1v) is 16.8. The van der Waals surface area contributed by atoms with Gasteiger partial charge >= 0.3 is 0 Å². The van der Waals surface area contributed by atoms with E-state index in [1.54, 1.807) is 5.56 Å². The molecule has 2 aliphatic rings. The number of aromatic nitrogens is 3. The lowest BCUT2D eigenvalue weighted by atomic mass is 9.93. The monoisotopic (exact) mass is 681 g/mol. The van der Waals surface area contributed by atoms with E-state index >= 15 is 0 Å². The lowest BCUT2D eigenvalue weighted by molar-refractivity contribution is 0.667. The van der Waals surface area contributed by atoms with Gasteiger partial charge in [0.1, 0.15) is 0 Å². The van der Waals surface area contributed by atoms with E-state index in [0.29, 0.717) is 3.92 Å². The maximum absolute atomic E-state index is 5.13. The molecule has 8 rings (SSSR count). The quantitative estimate of drug-likeness (QED) is 0.134. The largest absolute Gasteiger partial charge is 0.313 e. The Hall–Kier alpha value is -4.29. The van der Waals surface area contributed by atoms with Crippen molar-refractivity contribution in [2.45, 2.75) is 36.0 Å². The van der Waals surface area contributed by atoms with E-state index in [9.17, 15) is 0 Å². The van der Waals surface area contributed by atoms with Gasteiger partial charge in [0, 0.05) is 37.4 Å². The molecule has 0 radical (unpaired) electrons. The van der Waals surface area contributed by atoms with Crippen LogP contribution in [0.4, 0.5) is 0 Å². The van der Waals surface area contributed by atoms with Crippen LogP contribution in [0.2, 0.25) is 0 Å². The molecule has 214 valence electrons. The highest BCUT2D eigenvalue weighted by molar-refractivity contribution is 14.1. The standard InChI is InChI=1S/C40H32IN3/c41-35-24-21-30(27-19-22-31(23-20-27)44-38-17-9-7-15-32(38)33-16-8-10-18-39(33)44)25-34(35)40-42-36(28-11-3-1-4-12-28)26-37(43-40)29-13-5-2-6-14-29/h1-7,9,11-15,17,19-23,25-26,35H,8,10,16,18,24H2. The summed E-state index contributed by atoms with van der Waals surface area (Å²) in [6.45, 7) is 0. The zero-order chi connectivity index (χ0) is 29.5. The number of allylic oxidation sites excluding steroid dienone is 4. The first-order valence-electron chi connectivity index (χ1n) is 15.5. The molecule has 2 heterocycles. The number of benzene rings is 4. The molecule has 6 aromatic rings. The molecule has 3 nitrogen and oxygen atoms in total. The minimum Gasteiger partial charge on any atom is -0.313 e. The summed E-state index contributed by atoms with van der Waals surface area (Å²) in [5.41, 5.74) is 13.3. The van der Waals surface area contributed by atoms with Crippen LogP contribution in [0.25, 0.3) is 50.3 Å². The first-order chi connectivity index (χ1) is 21.7. The van der Waals surface area contributed by atoms with Gasteiger partial charge in [0.15, 0.2) is 5.82 Å². The van der Waals surface area contributed by atoms with Gasteiger partial charge in [0.2, 0.25) is 0 Å². The molecule has 4 heteroatoms. The van der Waals surface area contributed by atoms with Gasteiger partial charge in [-0.1, -0.05) is 120 Å². The van der Waals surface area contributed by atoms with Gasteiger partial charge in [-0.2, -0.15) is 0 Å². The molecule has 0 saturated heterocycles. The molecule has 0 fully saturated rings. The van der Waals surface area contributed by atoms with E-state index in [4.69, 9.17) is 9.97 Å². The Kier molecular flexibility index (Phi) is 7.23. The number of rotatable bonds is 5. The number of halogens is 1. The van der Waals surface area contributed by atoms with Gasteiger partial charge in [0.25, 0.3) is 0 Å². The third kappa shape index (κ3) is 5.01. The Morgan fingerprint density at radius 3 is 2.00 bits per heavy atom. The third-order valence-electron chi connectivity index (χ3n) is 8.95. The van der Waals surface area contributed by atoms with Crippen molar-refractivity contribution in [3.8, 4) is 28.2 Å². The fraction of sp³-hybridized carbons (Fsp3) is 0.150. The smallest absolute Gasteiger partial charge is 0.157 e. The number of alkyl halides is 1. The summed E-state index contributed by atoms with van der Waals surface area (Å²) in [5, 5.41) is 1.41. The van der Waals surface area contributed by atoms with Gasteiger partial charge < -0.3 is 4.57 Å². The van der Waals surface area contributed by atoms with Crippen LogP contribution in [0.5, 0.6) is 0 Å². The summed E-state index contributed by atoms with van der Waals surface area (Å²) < 4.78 is 2.79. The minimum absolute atomic E-state index is 0.294. The molecule has 0 amide bonds. The Bertz CT molecular complexity index is 1980. The summed E-state index contributed by atoms with van der Waals surface area (Å²) in [7, 11) is 0. The third-order valence-corrected chi connectivity index (χ3v) is 10.1. The molecule has 0 bridgehead atoms. The molecule has 2 aromatic heterocycles. The summed E-state index contributed by atoms with van der Waals surface area (Å²) in [5.74, 6) is 0.803. The molecule has 0 saturated carbocycles. The Morgan fingerprint density at radius 1 is 0.659 bits per heavy atom. The second kappa shape index (κ2) is 11.7. The molecular formula is C40H32IN3. The number of para-hydroxylation sites is 1. The van der Waals surface area contributed by atoms with Crippen LogP contribution >= 0.6 is 22.6 Å². The first kappa shape index (κ1) is 27.3. The zero-order valence-corrected chi connectivity index (χ0v) is 26.6. The lowest BCUT2D eigenvalue weighted by Crippen LogP contribution is -2.10. The van der Waals surface area contributed by atoms with Crippen LogP contribution in [-0.4, -0.2) is 18.5 Å². The van der Waals surface area contributed by atoms with Gasteiger partial charge in [-0.15, -0.1) is 0 Å². The molecule has 2 aliphatic carbocycles. The highest BCUT2D eigenvalue weighted by Gasteiger charge is 2.23. The maximum Gasteiger partial charge on any atom is 0.157 e. The van der Waals surface area contributed by atoms with E-state index < -0.39 is 0 Å². The Labute approximate surface area is 272 Å². The van der Waals surface area contributed by atoms with E-state index in [-0.39, 0.29) is 0 Å². The fourth-order valence-electron chi connectivity index (χ4n) is 6.76. The lowest BCUT2D eigenvalue weighted by Gasteiger charge is -2.20. The predicted octanol–water partition coefficient (Wildman–Crippen LogP) is 10.3. The number of fused-ring (bicyclic) bond motifs is 3. The van der Waals surface area contributed by atoms with Crippen molar-refractivity contribution in [3.63, 3.8) is 0 Å². The van der Waals surface area contributed by atoms with Crippen molar-refractivity contribution in [1.82, 2.24) is 14.5 Å². The van der Waals surface area contributed by atoms with E-state index in [1.807, 2.05) is 12.1 Å². The summed E-state index contributed by atoms with van der Waals surface area (Å²) in [6, 6.07) is 41.0. The van der Waals surface area contributed by atoms with Crippen molar-refractivity contribution in [2.24, 2.45) is 0 Å².